The average molecular weight is 362 g/mol. The van der Waals surface area contributed by atoms with Crippen LogP contribution in [0.4, 0.5) is 5.69 Å². The second-order valence-electron chi connectivity index (χ2n) is 5.72. The summed E-state index contributed by atoms with van der Waals surface area (Å²) in [6, 6.07) is 20.1. The molecule has 0 bridgehead atoms. The predicted octanol–water partition coefficient (Wildman–Crippen LogP) is 4.47. The highest BCUT2D eigenvalue weighted by molar-refractivity contribution is 7.10. The van der Waals surface area contributed by atoms with E-state index in [0.29, 0.717) is 11.3 Å². The lowest BCUT2D eigenvalue weighted by Gasteiger charge is -2.11. The summed E-state index contributed by atoms with van der Waals surface area (Å²) < 4.78 is 0. The standard InChI is InChI=1S/C21H18N2O2S/c1-15-7-5-10-17(13-15)22-21(25)19(14-18-11-6-12-26-18)23-20(24)16-8-3-2-4-9-16/h2-14H,1H3,(H,22,25)(H,23,24)/b19-14+. The van der Waals surface area contributed by atoms with Crippen LogP contribution < -0.4 is 10.6 Å². The van der Waals surface area contributed by atoms with E-state index in [9.17, 15) is 9.59 Å². The van der Waals surface area contributed by atoms with Gasteiger partial charge in [-0.1, -0.05) is 36.4 Å². The van der Waals surface area contributed by atoms with E-state index >= 15 is 0 Å². The summed E-state index contributed by atoms with van der Waals surface area (Å²) in [5.41, 5.74) is 2.41. The normalized spacial score (nSPS) is 11.0. The van der Waals surface area contributed by atoms with Crippen LogP contribution in [0.15, 0.2) is 77.8 Å². The molecule has 3 rings (SSSR count). The van der Waals surface area contributed by atoms with Gasteiger partial charge in [0.2, 0.25) is 0 Å². The van der Waals surface area contributed by atoms with Gasteiger partial charge in [0.25, 0.3) is 11.8 Å². The van der Waals surface area contributed by atoms with Crippen LogP contribution in [0.5, 0.6) is 0 Å². The van der Waals surface area contributed by atoms with Crippen LogP contribution in [-0.4, -0.2) is 11.8 Å². The smallest absolute Gasteiger partial charge is 0.272 e. The second-order valence-corrected chi connectivity index (χ2v) is 6.70. The van der Waals surface area contributed by atoms with Crippen molar-refractivity contribution in [1.82, 2.24) is 5.32 Å². The van der Waals surface area contributed by atoms with E-state index in [4.69, 9.17) is 0 Å². The topological polar surface area (TPSA) is 58.2 Å². The van der Waals surface area contributed by atoms with Crippen molar-refractivity contribution in [2.45, 2.75) is 6.92 Å². The maximum atomic E-state index is 12.7. The van der Waals surface area contributed by atoms with E-state index in [-0.39, 0.29) is 17.5 Å². The monoisotopic (exact) mass is 362 g/mol. The number of rotatable bonds is 5. The zero-order chi connectivity index (χ0) is 18.4. The number of aryl methyl sites for hydroxylation is 1. The number of benzene rings is 2. The molecule has 0 aliphatic rings. The first-order chi connectivity index (χ1) is 12.6. The van der Waals surface area contributed by atoms with Crippen LogP contribution in [0.3, 0.4) is 0 Å². The Hall–Kier alpha value is -3.18. The Morgan fingerprint density at radius 1 is 0.962 bits per heavy atom. The number of nitrogens with one attached hydrogen (secondary N) is 2. The van der Waals surface area contributed by atoms with Crippen LogP contribution in [0.25, 0.3) is 6.08 Å². The average Bonchev–Trinajstić information content (AvgIpc) is 3.15. The van der Waals surface area contributed by atoms with Gasteiger partial charge in [0.15, 0.2) is 0 Å². The molecule has 1 heterocycles. The molecular weight excluding hydrogens is 344 g/mol. The third-order valence-corrected chi connectivity index (χ3v) is 4.45. The van der Waals surface area contributed by atoms with Crippen molar-refractivity contribution in [3.05, 3.63) is 93.8 Å². The first-order valence-corrected chi connectivity index (χ1v) is 8.99. The van der Waals surface area contributed by atoms with Crippen LogP contribution in [-0.2, 0) is 4.79 Å². The molecule has 130 valence electrons. The molecule has 1 aromatic heterocycles. The van der Waals surface area contributed by atoms with Crippen molar-refractivity contribution in [3.8, 4) is 0 Å². The molecular formula is C21H18N2O2S. The number of amides is 2. The van der Waals surface area contributed by atoms with Crippen LogP contribution in [0, 0.1) is 6.92 Å². The van der Waals surface area contributed by atoms with E-state index < -0.39 is 0 Å². The van der Waals surface area contributed by atoms with Crippen molar-refractivity contribution in [2.24, 2.45) is 0 Å². The highest BCUT2D eigenvalue weighted by atomic mass is 32.1. The summed E-state index contributed by atoms with van der Waals surface area (Å²) in [6.45, 7) is 1.95. The number of thiophene rings is 1. The third-order valence-electron chi connectivity index (χ3n) is 3.63. The summed E-state index contributed by atoms with van der Waals surface area (Å²) in [5, 5.41) is 7.48. The number of carbonyl (C=O) groups is 2. The van der Waals surface area contributed by atoms with Gasteiger partial charge >= 0.3 is 0 Å². The highest BCUT2D eigenvalue weighted by Crippen LogP contribution is 2.15. The lowest BCUT2D eigenvalue weighted by molar-refractivity contribution is -0.113. The van der Waals surface area contributed by atoms with Crippen molar-refractivity contribution in [2.75, 3.05) is 5.32 Å². The number of hydrogen-bond donors (Lipinski definition) is 2. The Bertz CT molecular complexity index is 932. The van der Waals surface area contributed by atoms with Gasteiger partial charge in [0.05, 0.1) is 0 Å². The first kappa shape index (κ1) is 17.6. The van der Waals surface area contributed by atoms with Gasteiger partial charge < -0.3 is 10.6 Å². The minimum Gasteiger partial charge on any atom is -0.321 e. The lowest BCUT2D eigenvalue weighted by Crippen LogP contribution is -2.30. The fourth-order valence-electron chi connectivity index (χ4n) is 2.38. The Morgan fingerprint density at radius 3 is 2.46 bits per heavy atom. The highest BCUT2D eigenvalue weighted by Gasteiger charge is 2.15. The van der Waals surface area contributed by atoms with Crippen molar-refractivity contribution in [3.63, 3.8) is 0 Å². The summed E-state index contributed by atoms with van der Waals surface area (Å²) in [7, 11) is 0. The van der Waals surface area contributed by atoms with Gasteiger partial charge in [-0.15, -0.1) is 11.3 Å². The van der Waals surface area contributed by atoms with Gasteiger partial charge in [-0.25, -0.2) is 0 Å². The Kier molecular flexibility index (Phi) is 5.61. The molecule has 0 unspecified atom stereocenters. The van der Waals surface area contributed by atoms with Gasteiger partial charge in [-0.05, 0) is 54.3 Å². The van der Waals surface area contributed by atoms with Gasteiger partial charge in [-0.3, -0.25) is 9.59 Å². The van der Waals surface area contributed by atoms with Crippen molar-refractivity contribution in [1.29, 1.82) is 0 Å². The molecule has 5 heteroatoms. The molecule has 4 nitrogen and oxygen atoms in total. The fraction of sp³-hybridized carbons (Fsp3) is 0.0476. The molecule has 0 atom stereocenters. The molecule has 2 aromatic carbocycles. The molecule has 0 radical (unpaired) electrons. The molecule has 0 aliphatic heterocycles. The molecule has 0 spiro atoms. The molecule has 0 aliphatic carbocycles. The van der Waals surface area contributed by atoms with Crippen molar-refractivity contribution >= 4 is 34.9 Å². The molecule has 2 N–H and O–H groups in total. The van der Waals surface area contributed by atoms with E-state index in [1.807, 2.05) is 54.8 Å². The van der Waals surface area contributed by atoms with Gasteiger partial charge in [0.1, 0.15) is 5.70 Å². The van der Waals surface area contributed by atoms with E-state index in [1.54, 1.807) is 30.3 Å². The summed E-state index contributed by atoms with van der Waals surface area (Å²) >= 11 is 1.49. The number of hydrogen-bond acceptors (Lipinski definition) is 3. The molecule has 2 amide bonds. The van der Waals surface area contributed by atoms with Crippen molar-refractivity contribution < 1.29 is 9.59 Å². The Balaban J connectivity index is 1.83. The third kappa shape index (κ3) is 4.68. The quantitative estimate of drug-likeness (QED) is 0.658. The van der Waals surface area contributed by atoms with E-state index in [0.717, 1.165) is 10.4 Å². The van der Waals surface area contributed by atoms with E-state index in [1.165, 1.54) is 11.3 Å². The van der Waals surface area contributed by atoms with Crippen LogP contribution in [0.2, 0.25) is 0 Å². The number of anilines is 1. The summed E-state index contributed by atoms with van der Waals surface area (Å²) in [5.74, 6) is -0.693. The SMILES string of the molecule is Cc1cccc(NC(=O)/C(=C\c2cccs2)NC(=O)c2ccccc2)c1. The zero-order valence-electron chi connectivity index (χ0n) is 14.2. The predicted molar refractivity (Wildman–Crippen MR) is 106 cm³/mol. The largest absolute Gasteiger partial charge is 0.321 e. The van der Waals surface area contributed by atoms with Crippen LogP contribution >= 0.6 is 11.3 Å². The Morgan fingerprint density at radius 2 is 1.77 bits per heavy atom. The van der Waals surface area contributed by atoms with Gasteiger partial charge in [0, 0.05) is 16.1 Å². The maximum absolute atomic E-state index is 12.7. The van der Waals surface area contributed by atoms with E-state index in [2.05, 4.69) is 10.6 Å². The lowest BCUT2D eigenvalue weighted by atomic mass is 10.2. The first-order valence-electron chi connectivity index (χ1n) is 8.11. The molecule has 26 heavy (non-hydrogen) atoms. The number of carbonyl (C=O) groups excluding carboxylic acids is 2. The zero-order valence-corrected chi connectivity index (χ0v) is 15.0. The van der Waals surface area contributed by atoms with Gasteiger partial charge in [-0.2, -0.15) is 0 Å². The maximum Gasteiger partial charge on any atom is 0.272 e. The Labute approximate surface area is 156 Å². The molecule has 3 aromatic rings. The summed E-state index contributed by atoms with van der Waals surface area (Å²) in [6.07, 6.45) is 1.68. The fourth-order valence-corrected chi connectivity index (χ4v) is 3.04. The minimum absolute atomic E-state index is 0.197. The molecule has 0 saturated carbocycles. The molecule has 0 saturated heterocycles. The summed E-state index contributed by atoms with van der Waals surface area (Å²) in [4.78, 5) is 26.1. The minimum atomic E-state index is -0.367. The molecule has 0 fully saturated rings. The van der Waals surface area contributed by atoms with Crippen LogP contribution in [0.1, 0.15) is 20.8 Å². The second kappa shape index (κ2) is 8.27.